The Morgan fingerprint density at radius 1 is 1.08 bits per heavy atom. The summed E-state index contributed by atoms with van der Waals surface area (Å²) < 4.78 is 7.45. The summed E-state index contributed by atoms with van der Waals surface area (Å²) in [6.07, 6.45) is 1.93. The van der Waals surface area contributed by atoms with Gasteiger partial charge in [-0.15, -0.1) is 0 Å². The second-order valence-electron chi connectivity index (χ2n) is 6.17. The monoisotopic (exact) mass is 372 g/mol. The first-order valence-electron chi connectivity index (χ1n) is 8.19. The highest BCUT2D eigenvalue weighted by Crippen LogP contribution is 2.31. The number of methoxy groups -OCH3 is 1. The van der Waals surface area contributed by atoms with Crippen LogP contribution in [0.15, 0.2) is 59.9 Å². The summed E-state index contributed by atoms with van der Waals surface area (Å²) >= 11 is 7.83. The molecule has 0 saturated heterocycles. The predicted octanol–water partition coefficient (Wildman–Crippen LogP) is 5.95. The van der Waals surface area contributed by atoms with Gasteiger partial charge in [-0.05, 0) is 54.4 Å². The van der Waals surface area contributed by atoms with Crippen molar-refractivity contribution in [3.63, 3.8) is 0 Å². The van der Waals surface area contributed by atoms with E-state index < -0.39 is 0 Å². The summed E-state index contributed by atoms with van der Waals surface area (Å²) in [5, 5.41) is 1.72. The molecule has 3 rings (SSSR count). The molecule has 5 heteroatoms. The summed E-state index contributed by atoms with van der Waals surface area (Å²) in [4.78, 5) is 4.67. The van der Waals surface area contributed by atoms with Gasteiger partial charge in [0.1, 0.15) is 5.75 Å². The number of imidazole rings is 1. The zero-order chi connectivity index (χ0) is 17.8. The molecule has 0 aliphatic rings. The van der Waals surface area contributed by atoms with E-state index in [1.807, 2.05) is 42.6 Å². The summed E-state index contributed by atoms with van der Waals surface area (Å²) in [6, 6.07) is 15.9. The molecule has 0 amide bonds. The van der Waals surface area contributed by atoms with E-state index in [1.165, 1.54) is 0 Å². The molecule has 25 heavy (non-hydrogen) atoms. The second kappa shape index (κ2) is 7.98. The largest absolute Gasteiger partial charge is 0.497 e. The van der Waals surface area contributed by atoms with Gasteiger partial charge in [-0.2, -0.15) is 0 Å². The van der Waals surface area contributed by atoms with Crippen LogP contribution in [-0.2, 0) is 0 Å². The normalized spacial score (nSPS) is 11.1. The fraction of sp³-hybridized carbons (Fsp3) is 0.250. The number of halogens is 1. The molecule has 1 aromatic heterocycles. The van der Waals surface area contributed by atoms with E-state index in [2.05, 4.69) is 35.5 Å². The van der Waals surface area contributed by atoms with E-state index in [4.69, 9.17) is 16.3 Å². The third kappa shape index (κ3) is 4.20. The van der Waals surface area contributed by atoms with Crippen LogP contribution in [0.5, 0.6) is 5.75 Å². The third-order valence-electron chi connectivity index (χ3n) is 3.75. The molecule has 0 bridgehead atoms. The van der Waals surface area contributed by atoms with Gasteiger partial charge in [0.15, 0.2) is 5.16 Å². The van der Waals surface area contributed by atoms with E-state index in [0.29, 0.717) is 5.92 Å². The van der Waals surface area contributed by atoms with Crippen LogP contribution in [-0.4, -0.2) is 22.4 Å². The first-order chi connectivity index (χ1) is 12.1. The molecule has 130 valence electrons. The van der Waals surface area contributed by atoms with Crippen molar-refractivity contribution in [2.45, 2.75) is 19.0 Å². The van der Waals surface area contributed by atoms with Crippen LogP contribution in [0.1, 0.15) is 13.8 Å². The van der Waals surface area contributed by atoms with Crippen LogP contribution >= 0.6 is 23.4 Å². The van der Waals surface area contributed by atoms with Crippen LogP contribution < -0.4 is 4.74 Å². The van der Waals surface area contributed by atoms with Crippen molar-refractivity contribution in [3.05, 3.63) is 59.8 Å². The molecule has 0 atom stereocenters. The van der Waals surface area contributed by atoms with Crippen LogP contribution in [0.2, 0.25) is 5.02 Å². The summed E-state index contributed by atoms with van der Waals surface area (Å²) in [6.45, 7) is 4.43. The van der Waals surface area contributed by atoms with Gasteiger partial charge < -0.3 is 4.74 Å². The molecule has 0 fully saturated rings. The highest BCUT2D eigenvalue weighted by molar-refractivity contribution is 7.99. The van der Waals surface area contributed by atoms with Gasteiger partial charge >= 0.3 is 0 Å². The number of hydrogen-bond donors (Lipinski definition) is 0. The molecule has 0 spiro atoms. The smallest absolute Gasteiger partial charge is 0.173 e. The Morgan fingerprint density at radius 3 is 2.36 bits per heavy atom. The highest BCUT2D eigenvalue weighted by atomic mass is 35.5. The zero-order valence-electron chi connectivity index (χ0n) is 14.6. The van der Waals surface area contributed by atoms with E-state index in [1.54, 1.807) is 18.9 Å². The van der Waals surface area contributed by atoms with Crippen molar-refractivity contribution in [2.24, 2.45) is 5.92 Å². The molecule has 3 nitrogen and oxygen atoms in total. The molecule has 0 aliphatic heterocycles. The maximum absolute atomic E-state index is 6.06. The summed E-state index contributed by atoms with van der Waals surface area (Å²) in [5.74, 6) is 2.47. The quantitative estimate of drug-likeness (QED) is 0.500. The minimum Gasteiger partial charge on any atom is -0.497 e. The van der Waals surface area contributed by atoms with Gasteiger partial charge in [0, 0.05) is 22.0 Å². The fourth-order valence-electron chi connectivity index (χ4n) is 2.48. The second-order valence-corrected chi connectivity index (χ2v) is 7.59. The highest BCUT2D eigenvalue weighted by Gasteiger charge is 2.15. The number of aromatic nitrogens is 2. The van der Waals surface area contributed by atoms with Gasteiger partial charge in [0.2, 0.25) is 0 Å². The molecular weight excluding hydrogens is 352 g/mol. The average Bonchev–Trinajstić information content (AvgIpc) is 3.04. The SMILES string of the molecule is COc1ccc(-c2cnc(SCC(C)C)n2-c2ccc(Cl)cc2)cc1. The van der Waals surface area contributed by atoms with Crippen molar-refractivity contribution in [1.82, 2.24) is 9.55 Å². The average molecular weight is 373 g/mol. The molecule has 0 saturated carbocycles. The summed E-state index contributed by atoms with van der Waals surface area (Å²) in [7, 11) is 1.67. The first kappa shape index (κ1) is 17.9. The number of benzene rings is 2. The van der Waals surface area contributed by atoms with Crippen LogP contribution in [0.4, 0.5) is 0 Å². The van der Waals surface area contributed by atoms with E-state index in [9.17, 15) is 0 Å². The molecule has 0 radical (unpaired) electrons. The Hall–Kier alpha value is -1.91. The van der Waals surface area contributed by atoms with Crippen molar-refractivity contribution < 1.29 is 4.74 Å². The number of rotatable bonds is 6. The number of nitrogens with zero attached hydrogens (tertiary/aromatic N) is 2. The van der Waals surface area contributed by atoms with Crippen molar-refractivity contribution in [2.75, 3.05) is 12.9 Å². The van der Waals surface area contributed by atoms with Crippen LogP contribution in [0, 0.1) is 5.92 Å². The van der Waals surface area contributed by atoms with E-state index in [0.717, 1.165) is 38.6 Å². The maximum atomic E-state index is 6.06. The molecule has 2 aromatic carbocycles. The van der Waals surface area contributed by atoms with Gasteiger partial charge in [-0.25, -0.2) is 4.98 Å². The minimum atomic E-state index is 0.602. The Balaban J connectivity index is 2.06. The lowest BCUT2D eigenvalue weighted by Gasteiger charge is -2.13. The van der Waals surface area contributed by atoms with E-state index >= 15 is 0 Å². The van der Waals surface area contributed by atoms with Crippen LogP contribution in [0.25, 0.3) is 16.9 Å². The zero-order valence-corrected chi connectivity index (χ0v) is 16.1. The van der Waals surface area contributed by atoms with E-state index in [-0.39, 0.29) is 0 Å². The number of ether oxygens (including phenoxy) is 1. The first-order valence-corrected chi connectivity index (χ1v) is 9.55. The Kier molecular flexibility index (Phi) is 5.71. The minimum absolute atomic E-state index is 0.602. The molecule has 0 N–H and O–H groups in total. The molecule has 0 aliphatic carbocycles. The van der Waals surface area contributed by atoms with Crippen molar-refractivity contribution in [1.29, 1.82) is 0 Å². The third-order valence-corrected chi connectivity index (χ3v) is 5.38. The molecule has 3 aromatic rings. The topological polar surface area (TPSA) is 27.1 Å². The predicted molar refractivity (Wildman–Crippen MR) is 106 cm³/mol. The fourth-order valence-corrected chi connectivity index (χ4v) is 3.55. The number of hydrogen-bond acceptors (Lipinski definition) is 3. The van der Waals surface area contributed by atoms with Crippen LogP contribution in [0.3, 0.4) is 0 Å². The summed E-state index contributed by atoms with van der Waals surface area (Å²) in [5.41, 5.74) is 3.20. The lowest BCUT2D eigenvalue weighted by atomic mass is 10.1. The Morgan fingerprint density at radius 2 is 1.76 bits per heavy atom. The maximum Gasteiger partial charge on any atom is 0.173 e. The van der Waals surface area contributed by atoms with Gasteiger partial charge in [0.05, 0.1) is 19.0 Å². The molecular formula is C20H21ClN2OS. The number of thioether (sulfide) groups is 1. The Bertz CT molecular complexity index is 826. The molecule has 1 heterocycles. The molecule has 0 unspecified atom stereocenters. The van der Waals surface area contributed by atoms with Gasteiger partial charge in [0.25, 0.3) is 0 Å². The van der Waals surface area contributed by atoms with Gasteiger partial charge in [-0.1, -0.05) is 37.2 Å². The van der Waals surface area contributed by atoms with Crippen molar-refractivity contribution >= 4 is 23.4 Å². The lowest BCUT2D eigenvalue weighted by Crippen LogP contribution is -2.01. The van der Waals surface area contributed by atoms with Crippen molar-refractivity contribution in [3.8, 4) is 22.7 Å². The lowest BCUT2D eigenvalue weighted by molar-refractivity contribution is 0.415. The van der Waals surface area contributed by atoms with Gasteiger partial charge in [-0.3, -0.25) is 4.57 Å². The Labute approximate surface area is 158 Å². The standard InChI is InChI=1S/C20H21ClN2OS/c1-14(2)13-25-20-22-12-19(15-4-10-18(24-3)11-5-15)23(20)17-8-6-16(21)7-9-17/h4-12,14H,13H2,1-3H3.